The van der Waals surface area contributed by atoms with Crippen LogP contribution in [-0.4, -0.2) is 71.8 Å². The summed E-state index contributed by atoms with van der Waals surface area (Å²) >= 11 is 0. The van der Waals surface area contributed by atoms with Gasteiger partial charge in [-0.3, -0.25) is 20.0 Å². The number of rotatable bonds is 12. The molecule has 2 aromatic carbocycles. The van der Waals surface area contributed by atoms with Crippen molar-refractivity contribution in [1.82, 2.24) is 0 Å². The van der Waals surface area contributed by atoms with Gasteiger partial charge in [0, 0.05) is 30.7 Å². The summed E-state index contributed by atoms with van der Waals surface area (Å²) in [6.45, 7) is 8.55. The molecule has 2 heterocycles. The Labute approximate surface area is 218 Å². The maximum absolute atomic E-state index is 10.3. The Kier molecular flexibility index (Phi) is 8.51. The van der Waals surface area contributed by atoms with Crippen molar-refractivity contribution < 1.29 is 19.7 Å². The van der Waals surface area contributed by atoms with Crippen LogP contribution in [0.2, 0.25) is 0 Å². The number of aliphatic hydroxyl groups excluding tert-OH is 2. The second kappa shape index (κ2) is 11.8. The van der Waals surface area contributed by atoms with Crippen molar-refractivity contribution in [3.05, 3.63) is 59.7 Å². The molecule has 0 saturated heterocycles. The minimum absolute atomic E-state index is 0.0577. The summed E-state index contributed by atoms with van der Waals surface area (Å²) in [7, 11) is 0. The van der Waals surface area contributed by atoms with Crippen molar-refractivity contribution in [2.24, 2.45) is 20.0 Å². The van der Waals surface area contributed by atoms with E-state index in [1.54, 1.807) is 12.4 Å². The van der Waals surface area contributed by atoms with E-state index in [1.807, 2.05) is 62.4 Å². The summed E-state index contributed by atoms with van der Waals surface area (Å²) in [6.07, 6.45) is 2.91. The number of aliphatic imine (C=N–C) groups is 4. The van der Waals surface area contributed by atoms with Gasteiger partial charge in [-0.15, -0.1) is 0 Å². The summed E-state index contributed by atoms with van der Waals surface area (Å²) in [5.74, 6) is 1.42. The van der Waals surface area contributed by atoms with Crippen molar-refractivity contribution in [3.8, 4) is 11.5 Å². The van der Waals surface area contributed by atoms with Gasteiger partial charge in [0.2, 0.25) is 0 Å². The Hall–Kier alpha value is -3.36. The predicted octanol–water partition coefficient (Wildman–Crippen LogP) is 4.01. The van der Waals surface area contributed by atoms with Crippen molar-refractivity contribution in [1.29, 1.82) is 0 Å². The van der Waals surface area contributed by atoms with Crippen LogP contribution in [0.25, 0.3) is 0 Å². The van der Waals surface area contributed by atoms with Crippen LogP contribution in [0.15, 0.2) is 68.5 Å². The largest absolute Gasteiger partial charge is 0.491 e. The number of nitrogens with zero attached hydrogens (tertiary/aromatic N) is 4. The van der Waals surface area contributed by atoms with Gasteiger partial charge in [-0.05, 0) is 49.2 Å². The van der Waals surface area contributed by atoms with E-state index in [0.717, 1.165) is 22.6 Å². The molecule has 2 aliphatic rings. The number of aliphatic hydroxyl groups is 2. The third kappa shape index (κ3) is 7.33. The first-order valence-electron chi connectivity index (χ1n) is 12.7. The molecule has 196 valence electrons. The monoisotopic (exact) mass is 504 g/mol. The first kappa shape index (κ1) is 26.7. The minimum atomic E-state index is -0.637. The zero-order valence-corrected chi connectivity index (χ0v) is 21.9. The molecule has 2 N–H and O–H groups in total. The molecule has 37 heavy (non-hydrogen) atoms. The molecule has 0 amide bonds. The zero-order valence-electron chi connectivity index (χ0n) is 21.9. The Morgan fingerprint density at radius 1 is 0.703 bits per heavy atom. The zero-order chi connectivity index (χ0) is 26.4. The third-order valence-electron chi connectivity index (χ3n) is 6.51. The van der Waals surface area contributed by atoms with E-state index in [9.17, 15) is 10.2 Å². The number of hydrogen-bond acceptors (Lipinski definition) is 8. The van der Waals surface area contributed by atoms with Crippen LogP contribution in [0.3, 0.4) is 0 Å². The Morgan fingerprint density at radius 2 is 1.08 bits per heavy atom. The van der Waals surface area contributed by atoms with Crippen LogP contribution in [0.1, 0.15) is 51.7 Å². The van der Waals surface area contributed by atoms with E-state index < -0.39 is 12.2 Å². The second-order valence-electron chi connectivity index (χ2n) is 10.1. The van der Waals surface area contributed by atoms with Crippen LogP contribution >= 0.6 is 0 Å². The molecule has 0 fully saturated rings. The van der Waals surface area contributed by atoms with E-state index >= 15 is 0 Å². The molecule has 2 aromatic rings. The van der Waals surface area contributed by atoms with Crippen LogP contribution < -0.4 is 9.47 Å². The van der Waals surface area contributed by atoms with Gasteiger partial charge in [0.25, 0.3) is 0 Å². The van der Waals surface area contributed by atoms with Gasteiger partial charge in [-0.25, -0.2) is 0 Å². The Balaban J connectivity index is 1.27. The number of ether oxygens (including phenoxy) is 2. The number of hydrogen-bond donors (Lipinski definition) is 2. The van der Waals surface area contributed by atoms with E-state index in [1.165, 1.54) is 0 Å². The number of benzene rings is 2. The van der Waals surface area contributed by atoms with Crippen molar-refractivity contribution >= 4 is 23.9 Å². The molecule has 0 aromatic heterocycles. The molecular formula is C29H36N4O4. The van der Waals surface area contributed by atoms with Gasteiger partial charge in [0.05, 0.1) is 23.6 Å². The summed E-state index contributed by atoms with van der Waals surface area (Å²) in [5, 5.41) is 20.5. The Morgan fingerprint density at radius 3 is 1.41 bits per heavy atom. The fourth-order valence-electron chi connectivity index (χ4n) is 4.30. The summed E-state index contributed by atoms with van der Waals surface area (Å²) in [6, 6.07) is 15.9. The average Bonchev–Trinajstić information content (AvgIpc) is 3.48. The fraction of sp³-hybridized carbons (Fsp3) is 0.448. The van der Waals surface area contributed by atoms with Gasteiger partial charge >= 0.3 is 0 Å². The molecule has 4 atom stereocenters. The molecule has 4 rings (SSSR count). The van der Waals surface area contributed by atoms with Gasteiger partial charge < -0.3 is 19.7 Å². The highest BCUT2D eigenvalue weighted by Crippen LogP contribution is 2.33. The smallest absolute Gasteiger partial charge is 0.137 e. The Bertz CT molecular complexity index is 1080. The predicted molar refractivity (Wildman–Crippen MR) is 148 cm³/mol. The summed E-state index contributed by atoms with van der Waals surface area (Å²) < 4.78 is 11.6. The first-order chi connectivity index (χ1) is 17.7. The van der Waals surface area contributed by atoms with Crippen molar-refractivity contribution in [2.75, 3.05) is 13.2 Å². The first-order valence-corrected chi connectivity index (χ1v) is 12.7. The van der Waals surface area contributed by atoms with E-state index in [4.69, 9.17) is 9.47 Å². The lowest BCUT2D eigenvalue weighted by molar-refractivity contribution is 0.113. The average molecular weight is 505 g/mol. The van der Waals surface area contributed by atoms with Gasteiger partial charge in [-0.2, -0.15) is 0 Å². The van der Waals surface area contributed by atoms with Crippen LogP contribution in [0.4, 0.5) is 0 Å². The lowest BCUT2D eigenvalue weighted by atomic mass is 9.78. The summed E-state index contributed by atoms with van der Waals surface area (Å²) in [5.41, 5.74) is 3.66. The molecule has 8 nitrogen and oxygen atoms in total. The molecule has 0 bridgehead atoms. The molecular weight excluding hydrogens is 468 g/mol. The lowest BCUT2D eigenvalue weighted by Crippen LogP contribution is -2.22. The second-order valence-corrected chi connectivity index (χ2v) is 10.1. The van der Waals surface area contributed by atoms with Crippen molar-refractivity contribution in [3.63, 3.8) is 0 Å². The maximum atomic E-state index is 10.3. The fourth-order valence-corrected chi connectivity index (χ4v) is 4.30. The molecule has 0 radical (unpaired) electrons. The quantitative estimate of drug-likeness (QED) is 0.455. The molecule has 0 spiro atoms. The normalized spacial score (nSPS) is 20.5. The molecule has 2 aliphatic heterocycles. The van der Waals surface area contributed by atoms with Crippen LogP contribution in [0, 0.1) is 0 Å². The minimum Gasteiger partial charge on any atom is -0.491 e. The SMILES string of the molecule is CC1N=CC(CC(O)COc2ccc(C(C)(C)c3ccc(OCC(O)CC4=NC(C)N=C4)cc3)cc2)=N1. The van der Waals surface area contributed by atoms with Crippen molar-refractivity contribution in [2.45, 2.75) is 70.5 Å². The molecule has 0 aliphatic carbocycles. The van der Waals surface area contributed by atoms with Gasteiger partial charge in [-0.1, -0.05) is 38.1 Å². The van der Waals surface area contributed by atoms with Gasteiger partial charge in [0.15, 0.2) is 0 Å². The van der Waals surface area contributed by atoms with Gasteiger partial charge in [0.1, 0.15) is 37.0 Å². The van der Waals surface area contributed by atoms with E-state index in [0.29, 0.717) is 24.3 Å². The third-order valence-corrected chi connectivity index (χ3v) is 6.51. The maximum Gasteiger partial charge on any atom is 0.137 e. The summed E-state index contributed by atoms with van der Waals surface area (Å²) in [4.78, 5) is 17.1. The van der Waals surface area contributed by atoms with Crippen LogP contribution in [-0.2, 0) is 5.41 Å². The molecule has 0 saturated carbocycles. The van der Waals surface area contributed by atoms with Crippen LogP contribution in [0.5, 0.6) is 11.5 Å². The topological polar surface area (TPSA) is 108 Å². The highest BCUT2D eigenvalue weighted by molar-refractivity contribution is 6.32. The lowest BCUT2D eigenvalue weighted by Gasteiger charge is -2.26. The highest BCUT2D eigenvalue weighted by atomic mass is 16.5. The van der Waals surface area contributed by atoms with E-state index in [-0.39, 0.29) is 31.0 Å². The highest BCUT2D eigenvalue weighted by Gasteiger charge is 2.23. The molecule has 4 unspecified atom stereocenters. The standard InChI is InChI=1S/C29H36N4O4/c1-19-30-15-23(32-19)13-25(34)17-36-27-9-5-21(6-10-27)29(3,4)22-7-11-28(12-8-22)37-18-26(35)14-24-16-31-20(2)33-24/h5-12,15-16,19-20,25-26,34-35H,13-14,17-18H2,1-4H3. The van der Waals surface area contributed by atoms with E-state index in [2.05, 4.69) is 33.8 Å². The molecule has 8 heteroatoms.